The van der Waals surface area contributed by atoms with Gasteiger partial charge in [0.2, 0.25) is 5.91 Å². The summed E-state index contributed by atoms with van der Waals surface area (Å²) in [6.45, 7) is 3.19. The fourth-order valence-electron chi connectivity index (χ4n) is 5.71. The van der Waals surface area contributed by atoms with E-state index in [9.17, 15) is 4.79 Å². The Bertz CT molecular complexity index is 1360. The average molecular weight is 505 g/mol. The standard InChI is InChI=1S/C33H32N2O3/c36-33(35-19-20-37-23-32(35)25-9-3-1-4-10-25)31-22-34-21-30(31)29-14-8-7-13-28(29)24-15-17-27(18-16-24)38-26-11-5-2-6-12-26/h1-18,30-32,34H,19-23H2/t30-,31+,32+/m0/s1. The third-order valence-corrected chi connectivity index (χ3v) is 7.63. The van der Waals surface area contributed by atoms with Gasteiger partial charge in [0, 0.05) is 25.6 Å². The third kappa shape index (κ3) is 5.08. The first-order valence-electron chi connectivity index (χ1n) is 13.3. The Hall–Kier alpha value is -3.93. The van der Waals surface area contributed by atoms with Gasteiger partial charge in [0.05, 0.1) is 25.2 Å². The molecule has 192 valence electrons. The fraction of sp³-hybridized carbons (Fsp3) is 0.242. The van der Waals surface area contributed by atoms with Crippen LogP contribution in [-0.2, 0) is 9.53 Å². The Morgan fingerprint density at radius 2 is 1.47 bits per heavy atom. The van der Waals surface area contributed by atoms with E-state index in [4.69, 9.17) is 9.47 Å². The molecule has 2 saturated heterocycles. The normalized spacial score (nSPS) is 21.3. The minimum Gasteiger partial charge on any atom is -0.457 e. The van der Waals surface area contributed by atoms with E-state index in [-0.39, 0.29) is 23.8 Å². The van der Waals surface area contributed by atoms with Gasteiger partial charge in [-0.1, -0.05) is 84.9 Å². The van der Waals surface area contributed by atoms with Crippen LogP contribution in [0.2, 0.25) is 0 Å². The zero-order chi connectivity index (χ0) is 25.7. The van der Waals surface area contributed by atoms with Gasteiger partial charge in [0.25, 0.3) is 0 Å². The fourth-order valence-corrected chi connectivity index (χ4v) is 5.71. The van der Waals surface area contributed by atoms with Crippen LogP contribution in [0.5, 0.6) is 11.5 Å². The van der Waals surface area contributed by atoms with Crippen LogP contribution in [0.25, 0.3) is 11.1 Å². The zero-order valence-corrected chi connectivity index (χ0v) is 21.3. The molecule has 0 saturated carbocycles. The third-order valence-electron chi connectivity index (χ3n) is 7.63. The SMILES string of the molecule is O=C([C@@H]1CNC[C@H]1c1ccccc1-c1ccc(Oc2ccccc2)cc1)N1CCOC[C@@H]1c1ccccc1. The first-order chi connectivity index (χ1) is 18.8. The van der Waals surface area contributed by atoms with Crippen LogP contribution >= 0.6 is 0 Å². The van der Waals surface area contributed by atoms with Gasteiger partial charge in [-0.25, -0.2) is 0 Å². The van der Waals surface area contributed by atoms with Gasteiger partial charge in [-0.2, -0.15) is 0 Å². The van der Waals surface area contributed by atoms with Crippen molar-refractivity contribution in [2.45, 2.75) is 12.0 Å². The first-order valence-corrected chi connectivity index (χ1v) is 13.3. The molecule has 5 nitrogen and oxygen atoms in total. The summed E-state index contributed by atoms with van der Waals surface area (Å²) in [7, 11) is 0. The molecule has 0 radical (unpaired) electrons. The Balaban J connectivity index is 1.25. The predicted molar refractivity (Wildman–Crippen MR) is 149 cm³/mol. The molecule has 38 heavy (non-hydrogen) atoms. The molecule has 0 aromatic heterocycles. The lowest BCUT2D eigenvalue weighted by atomic mass is 9.83. The van der Waals surface area contributed by atoms with E-state index in [1.807, 2.05) is 65.6 Å². The van der Waals surface area contributed by atoms with Crippen molar-refractivity contribution in [2.75, 3.05) is 32.8 Å². The van der Waals surface area contributed by atoms with Crippen molar-refractivity contribution in [1.82, 2.24) is 10.2 Å². The van der Waals surface area contributed by atoms with Gasteiger partial charge in [-0.3, -0.25) is 4.79 Å². The number of para-hydroxylation sites is 1. The van der Waals surface area contributed by atoms with E-state index in [1.54, 1.807) is 0 Å². The van der Waals surface area contributed by atoms with Crippen LogP contribution in [0.4, 0.5) is 0 Å². The van der Waals surface area contributed by atoms with Crippen molar-refractivity contribution in [3.63, 3.8) is 0 Å². The first kappa shape index (κ1) is 24.4. The molecule has 4 aromatic carbocycles. The molecule has 4 aromatic rings. The number of amides is 1. The maximum absolute atomic E-state index is 14.0. The van der Waals surface area contributed by atoms with Crippen LogP contribution in [-0.4, -0.2) is 43.7 Å². The second-order valence-corrected chi connectivity index (χ2v) is 9.93. The van der Waals surface area contributed by atoms with Gasteiger partial charge in [0.1, 0.15) is 11.5 Å². The Kier molecular flexibility index (Phi) is 7.20. The van der Waals surface area contributed by atoms with Crippen molar-refractivity contribution >= 4 is 5.91 Å². The second kappa shape index (κ2) is 11.2. The van der Waals surface area contributed by atoms with Crippen molar-refractivity contribution in [3.05, 3.63) is 120 Å². The van der Waals surface area contributed by atoms with Gasteiger partial charge in [-0.15, -0.1) is 0 Å². The lowest BCUT2D eigenvalue weighted by Crippen LogP contribution is -2.47. The molecule has 0 unspecified atom stereocenters. The molecule has 2 heterocycles. The summed E-state index contributed by atoms with van der Waals surface area (Å²) in [6.07, 6.45) is 0. The van der Waals surface area contributed by atoms with Crippen molar-refractivity contribution in [3.8, 4) is 22.6 Å². The van der Waals surface area contributed by atoms with E-state index in [0.717, 1.165) is 34.7 Å². The van der Waals surface area contributed by atoms with E-state index >= 15 is 0 Å². The summed E-state index contributed by atoms with van der Waals surface area (Å²) >= 11 is 0. The Morgan fingerprint density at radius 3 is 2.26 bits per heavy atom. The van der Waals surface area contributed by atoms with Crippen LogP contribution in [0.1, 0.15) is 23.1 Å². The number of benzene rings is 4. The summed E-state index contributed by atoms with van der Waals surface area (Å²) in [5.41, 5.74) is 4.61. The van der Waals surface area contributed by atoms with Gasteiger partial charge in [0.15, 0.2) is 0 Å². The minimum atomic E-state index is -0.124. The van der Waals surface area contributed by atoms with E-state index in [1.165, 1.54) is 5.56 Å². The van der Waals surface area contributed by atoms with Gasteiger partial charge in [-0.05, 0) is 46.5 Å². The molecule has 2 fully saturated rings. The molecular weight excluding hydrogens is 472 g/mol. The number of carbonyl (C=O) groups excluding carboxylic acids is 1. The number of nitrogens with zero attached hydrogens (tertiary/aromatic N) is 1. The molecule has 1 N–H and O–H groups in total. The highest BCUT2D eigenvalue weighted by Crippen LogP contribution is 2.38. The highest BCUT2D eigenvalue weighted by molar-refractivity contribution is 5.82. The quantitative estimate of drug-likeness (QED) is 0.347. The molecular formula is C33H32N2O3. The highest BCUT2D eigenvalue weighted by atomic mass is 16.5. The van der Waals surface area contributed by atoms with Crippen molar-refractivity contribution in [2.24, 2.45) is 5.92 Å². The van der Waals surface area contributed by atoms with Crippen LogP contribution < -0.4 is 10.1 Å². The van der Waals surface area contributed by atoms with Crippen LogP contribution in [0, 0.1) is 5.92 Å². The summed E-state index contributed by atoms with van der Waals surface area (Å²) < 4.78 is 11.8. The minimum absolute atomic E-state index is 0.0499. The number of hydrogen-bond donors (Lipinski definition) is 1. The van der Waals surface area contributed by atoms with E-state index in [0.29, 0.717) is 26.3 Å². The maximum Gasteiger partial charge on any atom is 0.228 e. The Labute approximate surface area is 224 Å². The molecule has 3 atom stereocenters. The summed E-state index contributed by atoms with van der Waals surface area (Å²) in [5.74, 6) is 1.79. The number of rotatable bonds is 6. The van der Waals surface area contributed by atoms with Crippen molar-refractivity contribution in [1.29, 1.82) is 0 Å². The largest absolute Gasteiger partial charge is 0.457 e. The lowest BCUT2D eigenvalue weighted by Gasteiger charge is -2.38. The van der Waals surface area contributed by atoms with Crippen LogP contribution in [0.15, 0.2) is 109 Å². The molecule has 5 heteroatoms. The topological polar surface area (TPSA) is 50.8 Å². The zero-order valence-electron chi connectivity index (χ0n) is 21.3. The average Bonchev–Trinajstić information content (AvgIpc) is 3.48. The molecule has 6 rings (SSSR count). The number of morpholine rings is 1. The van der Waals surface area contributed by atoms with E-state index < -0.39 is 0 Å². The summed E-state index contributed by atoms with van der Waals surface area (Å²) in [4.78, 5) is 16.1. The summed E-state index contributed by atoms with van der Waals surface area (Å²) in [6, 6.07) is 36.7. The highest BCUT2D eigenvalue weighted by Gasteiger charge is 2.40. The molecule has 2 aliphatic rings. The van der Waals surface area contributed by atoms with E-state index in [2.05, 4.69) is 53.8 Å². The lowest BCUT2D eigenvalue weighted by molar-refractivity contribution is -0.144. The molecule has 1 amide bonds. The molecule has 2 aliphatic heterocycles. The predicted octanol–water partition coefficient (Wildman–Crippen LogP) is 6.05. The summed E-state index contributed by atoms with van der Waals surface area (Å²) in [5, 5.41) is 3.51. The Morgan fingerprint density at radius 1 is 0.789 bits per heavy atom. The number of nitrogens with one attached hydrogen (secondary N) is 1. The number of ether oxygens (including phenoxy) is 2. The van der Waals surface area contributed by atoms with Crippen LogP contribution in [0.3, 0.4) is 0 Å². The molecule has 0 aliphatic carbocycles. The van der Waals surface area contributed by atoms with Gasteiger partial charge >= 0.3 is 0 Å². The maximum atomic E-state index is 14.0. The van der Waals surface area contributed by atoms with Gasteiger partial charge < -0.3 is 19.7 Å². The smallest absolute Gasteiger partial charge is 0.228 e. The second-order valence-electron chi connectivity index (χ2n) is 9.93. The molecule has 0 bridgehead atoms. The van der Waals surface area contributed by atoms with Crippen molar-refractivity contribution < 1.29 is 14.3 Å². The molecule has 0 spiro atoms. The number of hydrogen-bond acceptors (Lipinski definition) is 4. The number of carbonyl (C=O) groups is 1. The monoisotopic (exact) mass is 504 g/mol.